The second kappa shape index (κ2) is 10.5. The van der Waals surface area contributed by atoms with Gasteiger partial charge in [0.25, 0.3) is 11.6 Å². The van der Waals surface area contributed by atoms with E-state index in [1.54, 1.807) is 25.1 Å². The van der Waals surface area contributed by atoms with E-state index in [2.05, 4.69) is 5.32 Å². The van der Waals surface area contributed by atoms with Crippen LogP contribution >= 0.6 is 0 Å². The maximum atomic E-state index is 13.1. The molecule has 9 nitrogen and oxygen atoms in total. The molecule has 1 heterocycles. The molecule has 0 bridgehead atoms. The average Bonchev–Trinajstić information content (AvgIpc) is 3.10. The van der Waals surface area contributed by atoms with Gasteiger partial charge in [-0.15, -0.1) is 0 Å². The smallest absolute Gasteiger partial charge is 0.325 e. The molecule has 2 aromatic carbocycles. The summed E-state index contributed by atoms with van der Waals surface area (Å²) in [5, 5.41) is 13.1. The Morgan fingerprint density at radius 1 is 1.09 bits per heavy atom. The van der Waals surface area contributed by atoms with E-state index in [0.717, 1.165) is 17.3 Å². The summed E-state index contributed by atoms with van der Waals surface area (Å²) in [5.41, 5.74) is 2.54. The number of amides is 1. The number of ether oxygens (including phenoxy) is 1. The molecule has 176 valence electrons. The molecule has 0 unspecified atom stereocenters. The molecule has 0 atom stereocenters. The lowest BCUT2D eigenvalue weighted by Crippen LogP contribution is -2.31. The number of hydrogen-bond donors (Lipinski definition) is 1. The molecule has 34 heavy (non-hydrogen) atoms. The number of esters is 1. The van der Waals surface area contributed by atoms with E-state index in [4.69, 9.17) is 4.74 Å². The number of Topliss-reactive ketones (excluding diaryl/α,β-unsaturated/α-hetero) is 1. The number of aromatic nitrogens is 1. The van der Waals surface area contributed by atoms with Crippen LogP contribution in [-0.2, 0) is 16.1 Å². The molecule has 1 aromatic heterocycles. The van der Waals surface area contributed by atoms with Gasteiger partial charge in [0, 0.05) is 41.2 Å². The van der Waals surface area contributed by atoms with Crippen LogP contribution in [0.4, 0.5) is 10.1 Å². The van der Waals surface area contributed by atoms with Crippen LogP contribution in [0.15, 0.2) is 54.6 Å². The van der Waals surface area contributed by atoms with Gasteiger partial charge in [-0.1, -0.05) is 18.2 Å². The number of nitrogens with zero attached hydrogens (tertiary/aromatic N) is 2. The highest BCUT2D eigenvalue weighted by atomic mass is 19.1. The summed E-state index contributed by atoms with van der Waals surface area (Å²) in [5.74, 6) is -2.25. The fraction of sp³-hybridized carbons (Fsp3) is 0.208. The lowest BCUT2D eigenvalue weighted by atomic mass is 10.1. The Labute approximate surface area is 194 Å². The molecule has 0 saturated heterocycles. The predicted octanol–water partition coefficient (Wildman–Crippen LogP) is 3.36. The number of ketones is 1. The first-order valence-electron chi connectivity index (χ1n) is 10.3. The molecule has 10 heteroatoms. The first-order chi connectivity index (χ1) is 16.2. The second-order valence-electron chi connectivity index (χ2n) is 7.57. The van der Waals surface area contributed by atoms with Gasteiger partial charge in [-0.05, 0) is 43.7 Å². The van der Waals surface area contributed by atoms with E-state index in [1.807, 2.05) is 11.5 Å². The summed E-state index contributed by atoms with van der Waals surface area (Å²) in [7, 11) is 0. The van der Waals surface area contributed by atoms with Crippen LogP contribution in [0, 0.1) is 29.8 Å². The van der Waals surface area contributed by atoms with Crippen molar-refractivity contribution in [3.63, 3.8) is 0 Å². The molecular formula is C24H22FN3O6. The fourth-order valence-corrected chi connectivity index (χ4v) is 3.39. The Hall–Kier alpha value is -4.34. The highest BCUT2D eigenvalue weighted by Gasteiger charge is 2.18. The second-order valence-corrected chi connectivity index (χ2v) is 7.57. The quantitative estimate of drug-likeness (QED) is 0.223. The third-order valence-corrected chi connectivity index (χ3v) is 5.20. The first-order valence-corrected chi connectivity index (χ1v) is 10.3. The van der Waals surface area contributed by atoms with Crippen molar-refractivity contribution in [2.75, 3.05) is 13.2 Å². The molecule has 0 spiro atoms. The SMILES string of the molecule is Cc1cc(C(=O)COC(=O)CNC(=O)c2cccc([N+](=O)[O-])c2)c(C)n1Cc1ccc(F)cc1. The number of non-ortho nitro benzene ring substituents is 1. The normalized spacial score (nSPS) is 10.6. The third kappa shape index (κ3) is 5.91. The number of carbonyl (C=O) groups is 3. The van der Waals surface area contributed by atoms with Crippen LogP contribution in [0.3, 0.4) is 0 Å². The van der Waals surface area contributed by atoms with Gasteiger partial charge in [-0.25, -0.2) is 4.39 Å². The van der Waals surface area contributed by atoms with Gasteiger partial charge >= 0.3 is 5.97 Å². The molecule has 0 fully saturated rings. The van der Waals surface area contributed by atoms with Crippen LogP contribution in [0.1, 0.15) is 37.7 Å². The van der Waals surface area contributed by atoms with Crippen molar-refractivity contribution < 1.29 is 28.4 Å². The fourth-order valence-electron chi connectivity index (χ4n) is 3.39. The zero-order valence-corrected chi connectivity index (χ0v) is 18.5. The van der Waals surface area contributed by atoms with E-state index in [0.29, 0.717) is 17.8 Å². The minimum absolute atomic E-state index is 0.0201. The molecule has 0 radical (unpaired) electrons. The standard InChI is InChI=1S/C24H22FN3O6/c1-15-10-21(16(2)27(15)13-17-6-8-19(25)9-7-17)22(29)14-34-23(30)12-26-24(31)18-4-3-5-20(11-18)28(32)33/h3-11H,12-14H2,1-2H3,(H,26,31). The van der Waals surface area contributed by atoms with Crippen molar-refractivity contribution in [3.05, 3.63) is 98.6 Å². The Morgan fingerprint density at radius 2 is 1.79 bits per heavy atom. The minimum atomic E-state index is -0.827. The van der Waals surface area contributed by atoms with Crippen molar-refractivity contribution >= 4 is 23.3 Å². The Bertz CT molecular complexity index is 1250. The molecular weight excluding hydrogens is 445 g/mol. The number of benzene rings is 2. The maximum absolute atomic E-state index is 13.1. The van der Waals surface area contributed by atoms with Gasteiger partial charge in [-0.2, -0.15) is 0 Å². The highest BCUT2D eigenvalue weighted by molar-refractivity contribution is 6.00. The van der Waals surface area contributed by atoms with Crippen molar-refractivity contribution in [1.29, 1.82) is 0 Å². The Balaban J connectivity index is 1.54. The van der Waals surface area contributed by atoms with Crippen LogP contribution < -0.4 is 5.32 Å². The number of aryl methyl sites for hydroxylation is 1. The van der Waals surface area contributed by atoms with Gasteiger partial charge in [0.15, 0.2) is 6.61 Å². The van der Waals surface area contributed by atoms with Gasteiger partial charge in [0.1, 0.15) is 12.4 Å². The van der Waals surface area contributed by atoms with Crippen molar-refractivity contribution in [2.45, 2.75) is 20.4 Å². The van der Waals surface area contributed by atoms with Gasteiger partial charge < -0.3 is 14.6 Å². The monoisotopic (exact) mass is 467 g/mol. The molecule has 3 aromatic rings. The highest BCUT2D eigenvalue weighted by Crippen LogP contribution is 2.18. The summed E-state index contributed by atoms with van der Waals surface area (Å²) < 4.78 is 20.0. The minimum Gasteiger partial charge on any atom is -0.456 e. The largest absolute Gasteiger partial charge is 0.456 e. The molecule has 1 amide bonds. The van der Waals surface area contributed by atoms with E-state index in [-0.39, 0.29) is 17.1 Å². The number of carbonyl (C=O) groups excluding carboxylic acids is 3. The predicted molar refractivity (Wildman–Crippen MR) is 120 cm³/mol. The third-order valence-electron chi connectivity index (χ3n) is 5.20. The summed E-state index contributed by atoms with van der Waals surface area (Å²) in [6.45, 7) is 3.05. The first kappa shape index (κ1) is 24.3. The van der Waals surface area contributed by atoms with Crippen molar-refractivity contribution in [1.82, 2.24) is 9.88 Å². The van der Waals surface area contributed by atoms with Crippen LogP contribution in [0.5, 0.6) is 0 Å². The summed E-state index contributed by atoms with van der Waals surface area (Å²) in [6.07, 6.45) is 0. The van der Waals surface area contributed by atoms with E-state index in [9.17, 15) is 28.9 Å². The van der Waals surface area contributed by atoms with Gasteiger partial charge in [-0.3, -0.25) is 24.5 Å². The van der Waals surface area contributed by atoms with E-state index in [1.165, 1.54) is 30.3 Å². The Kier molecular flexibility index (Phi) is 7.52. The molecule has 0 aliphatic heterocycles. The Morgan fingerprint density at radius 3 is 2.47 bits per heavy atom. The van der Waals surface area contributed by atoms with Gasteiger partial charge in [0.05, 0.1) is 4.92 Å². The average molecular weight is 467 g/mol. The molecule has 0 aliphatic carbocycles. The van der Waals surface area contributed by atoms with Crippen molar-refractivity contribution in [3.8, 4) is 0 Å². The summed E-state index contributed by atoms with van der Waals surface area (Å²) in [4.78, 5) is 46.9. The molecule has 3 rings (SSSR count). The number of nitro groups is 1. The van der Waals surface area contributed by atoms with Crippen LogP contribution in [0.25, 0.3) is 0 Å². The van der Waals surface area contributed by atoms with Crippen molar-refractivity contribution in [2.24, 2.45) is 0 Å². The topological polar surface area (TPSA) is 121 Å². The van der Waals surface area contributed by atoms with Crippen LogP contribution in [-0.4, -0.2) is 40.3 Å². The lowest BCUT2D eigenvalue weighted by Gasteiger charge is -2.10. The maximum Gasteiger partial charge on any atom is 0.325 e. The van der Waals surface area contributed by atoms with Gasteiger partial charge in [0.2, 0.25) is 5.78 Å². The summed E-state index contributed by atoms with van der Waals surface area (Å²) in [6, 6.07) is 12.8. The lowest BCUT2D eigenvalue weighted by molar-refractivity contribution is -0.384. The zero-order valence-electron chi connectivity index (χ0n) is 18.5. The zero-order chi connectivity index (χ0) is 24.8. The number of rotatable bonds is 9. The molecule has 1 N–H and O–H groups in total. The number of hydrogen-bond acceptors (Lipinski definition) is 6. The number of nitro benzene ring substituents is 1. The number of nitrogens with one attached hydrogen (secondary N) is 1. The molecule has 0 saturated carbocycles. The summed E-state index contributed by atoms with van der Waals surface area (Å²) >= 11 is 0. The number of halogens is 1. The molecule has 0 aliphatic rings. The van der Waals surface area contributed by atoms with E-state index >= 15 is 0 Å². The van der Waals surface area contributed by atoms with E-state index < -0.39 is 35.7 Å². The van der Waals surface area contributed by atoms with Crippen LogP contribution in [0.2, 0.25) is 0 Å².